The van der Waals surface area contributed by atoms with Crippen LogP contribution in [0.1, 0.15) is 32.3 Å². The second kappa shape index (κ2) is 8.49. The first-order valence-electron chi connectivity index (χ1n) is 10.1. The monoisotopic (exact) mass is 408 g/mol. The van der Waals surface area contributed by atoms with Gasteiger partial charge in [0.2, 0.25) is 6.79 Å². The minimum atomic E-state index is -0.324. The van der Waals surface area contributed by atoms with Crippen molar-refractivity contribution in [2.45, 2.75) is 26.7 Å². The van der Waals surface area contributed by atoms with Crippen molar-refractivity contribution in [2.75, 3.05) is 25.3 Å². The van der Waals surface area contributed by atoms with Gasteiger partial charge < -0.3 is 19.5 Å². The van der Waals surface area contributed by atoms with Crippen molar-refractivity contribution >= 4 is 23.1 Å². The van der Waals surface area contributed by atoms with Crippen molar-refractivity contribution in [3.8, 4) is 17.2 Å². The summed E-state index contributed by atoms with van der Waals surface area (Å²) in [6.07, 6.45) is 1.64. The maximum absolute atomic E-state index is 13.2. The van der Waals surface area contributed by atoms with E-state index >= 15 is 0 Å². The van der Waals surface area contributed by atoms with Gasteiger partial charge in [0.1, 0.15) is 11.4 Å². The molecule has 4 rings (SSSR count). The number of unbranched alkanes of at least 4 members (excludes halogenated alkanes) is 1. The van der Waals surface area contributed by atoms with E-state index < -0.39 is 0 Å². The Morgan fingerprint density at radius 2 is 1.77 bits per heavy atom. The maximum Gasteiger partial charge on any atom is 0.278 e. The smallest absolute Gasteiger partial charge is 0.278 e. The summed E-state index contributed by atoms with van der Waals surface area (Å²) >= 11 is 0. The molecule has 156 valence electrons. The molecule has 7 nitrogen and oxygen atoms in total. The molecule has 30 heavy (non-hydrogen) atoms. The largest absolute Gasteiger partial charge is 0.494 e. The molecule has 2 aromatic carbocycles. The van der Waals surface area contributed by atoms with Crippen molar-refractivity contribution in [3.05, 3.63) is 53.7 Å². The number of benzene rings is 2. The number of nitrogens with one attached hydrogen (secondary N) is 1. The number of ether oxygens (including phenoxy) is 3. The van der Waals surface area contributed by atoms with Crippen LogP contribution in [0.15, 0.2) is 48.2 Å². The highest BCUT2D eigenvalue weighted by atomic mass is 16.7. The highest BCUT2D eigenvalue weighted by Crippen LogP contribution is 2.36. The maximum atomic E-state index is 13.2. The fourth-order valence-corrected chi connectivity index (χ4v) is 3.48. The summed E-state index contributed by atoms with van der Waals surface area (Å²) < 4.78 is 16.3. The molecule has 7 heteroatoms. The molecule has 2 aromatic rings. The van der Waals surface area contributed by atoms with Crippen LogP contribution in [0.5, 0.6) is 17.2 Å². The van der Waals surface area contributed by atoms with E-state index in [9.17, 15) is 9.59 Å². The number of fused-ring (bicyclic) bond motifs is 1. The molecule has 2 aliphatic heterocycles. The summed E-state index contributed by atoms with van der Waals surface area (Å²) in [5.74, 6) is 1.35. The fraction of sp³-hybridized carbons (Fsp3) is 0.304. The SMILES string of the molecule is CCCCN1C(=O)C(Nc2ccc3c(c2)OCO3)=C(c2ccc(OCC)cc2)C1=O. The van der Waals surface area contributed by atoms with E-state index in [0.29, 0.717) is 47.2 Å². The van der Waals surface area contributed by atoms with E-state index in [2.05, 4.69) is 5.32 Å². The van der Waals surface area contributed by atoms with Crippen molar-refractivity contribution in [3.63, 3.8) is 0 Å². The molecule has 2 aliphatic rings. The Morgan fingerprint density at radius 3 is 2.50 bits per heavy atom. The van der Waals surface area contributed by atoms with Gasteiger partial charge in [0.05, 0.1) is 12.2 Å². The molecule has 0 saturated heterocycles. The zero-order chi connectivity index (χ0) is 21.1. The lowest BCUT2D eigenvalue weighted by Crippen LogP contribution is -2.33. The van der Waals surface area contributed by atoms with Gasteiger partial charge >= 0.3 is 0 Å². The van der Waals surface area contributed by atoms with Crippen LogP contribution >= 0.6 is 0 Å². The number of imide groups is 1. The third-order valence-corrected chi connectivity index (χ3v) is 5.00. The molecular formula is C23H24N2O5. The molecule has 0 unspecified atom stereocenters. The normalized spacial score (nSPS) is 15.2. The number of anilines is 1. The number of carbonyl (C=O) groups is 2. The van der Waals surface area contributed by atoms with E-state index in [4.69, 9.17) is 14.2 Å². The van der Waals surface area contributed by atoms with Crippen molar-refractivity contribution in [1.29, 1.82) is 0 Å². The molecule has 0 fully saturated rings. The molecule has 0 aromatic heterocycles. The lowest BCUT2D eigenvalue weighted by molar-refractivity contribution is -0.136. The molecule has 0 aliphatic carbocycles. The van der Waals surface area contributed by atoms with E-state index in [-0.39, 0.29) is 24.3 Å². The average Bonchev–Trinajstić information content (AvgIpc) is 3.30. The summed E-state index contributed by atoms with van der Waals surface area (Å²) in [7, 11) is 0. The summed E-state index contributed by atoms with van der Waals surface area (Å²) in [4.78, 5) is 27.6. The Balaban J connectivity index is 1.70. The number of hydrogen-bond acceptors (Lipinski definition) is 6. The first kappa shape index (κ1) is 19.8. The minimum Gasteiger partial charge on any atom is -0.494 e. The van der Waals surface area contributed by atoms with Gasteiger partial charge in [-0.25, -0.2) is 0 Å². The summed E-state index contributed by atoms with van der Waals surface area (Å²) in [5.41, 5.74) is 1.94. The van der Waals surface area contributed by atoms with Crippen molar-refractivity contribution in [1.82, 2.24) is 4.90 Å². The number of rotatable bonds is 8. The molecule has 0 saturated carbocycles. The lowest BCUT2D eigenvalue weighted by Gasteiger charge is -2.14. The van der Waals surface area contributed by atoms with Crippen LogP contribution in [-0.4, -0.2) is 36.7 Å². The second-order valence-corrected chi connectivity index (χ2v) is 7.02. The van der Waals surface area contributed by atoms with E-state index in [1.807, 2.05) is 13.8 Å². The Kier molecular flexibility index (Phi) is 5.61. The second-order valence-electron chi connectivity index (χ2n) is 7.02. The number of carbonyl (C=O) groups excluding carboxylic acids is 2. The predicted octanol–water partition coefficient (Wildman–Crippen LogP) is 3.81. The highest BCUT2D eigenvalue weighted by Gasteiger charge is 2.38. The van der Waals surface area contributed by atoms with Crippen LogP contribution in [0.3, 0.4) is 0 Å². The van der Waals surface area contributed by atoms with Gasteiger partial charge in [-0.2, -0.15) is 0 Å². The predicted molar refractivity (Wildman–Crippen MR) is 112 cm³/mol. The van der Waals surface area contributed by atoms with Gasteiger partial charge in [0.15, 0.2) is 11.5 Å². The van der Waals surface area contributed by atoms with E-state index in [1.165, 1.54) is 4.90 Å². The third kappa shape index (κ3) is 3.70. The first-order valence-corrected chi connectivity index (χ1v) is 10.1. The summed E-state index contributed by atoms with van der Waals surface area (Å²) in [6.45, 7) is 5.05. The highest BCUT2D eigenvalue weighted by molar-refractivity contribution is 6.36. The van der Waals surface area contributed by atoms with E-state index in [0.717, 1.165) is 12.8 Å². The van der Waals surface area contributed by atoms with Crippen LogP contribution in [0.25, 0.3) is 5.57 Å². The van der Waals surface area contributed by atoms with Crippen LogP contribution in [0, 0.1) is 0 Å². The molecule has 0 spiro atoms. The first-order chi connectivity index (χ1) is 14.6. The zero-order valence-electron chi connectivity index (χ0n) is 17.1. The van der Waals surface area contributed by atoms with Crippen LogP contribution in [0.4, 0.5) is 5.69 Å². The van der Waals surface area contributed by atoms with Crippen LogP contribution in [-0.2, 0) is 9.59 Å². The topological polar surface area (TPSA) is 77.1 Å². The molecule has 2 amide bonds. The minimum absolute atomic E-state index is 0.168. The van der Waals surface area contributed by atoms with Crippen LogP contribution in [0.2, 0.25) is 0 Å². The molecule has 0 radical (unpaired) electrons. The Labute approximate surface area is 175 Å². The Bertz CT molecular complexity index is 997. The Hall–Kier alpha value is -3.48. The molecule has 0 atom stereocenters. The average molecular weight is 408 g/mol. The van der Waals surface area contributed by atoms with Gasteiger partial charge in [0, 0.05) is 18.3 Å². The Morgan fingerprint density at radius 1 is 1.00 bits per heavy atom. The van der Waals surface area contributed by atoms with Gasteiger partial charge in [0.25, 0.3) is 11.8 Å². The zero-order valence-corrected chi connectivity index (χ0v) is 17.1. The number of nitrogens with zero attached hydrogens (tertiary/aromatic N) is 1. The van der Waals surface area contributed by atoms with E-state index in [1.54, 1.807) is 42.5 Å². The number of amides is 2. The molecule has 0 bridgehead atoms. The van der Waals surface area contributed by atoms with Gasteiger partial charge in [-0.1, -0.05) is 25.5 Å². The lowest BCUT2D eigenvalue weighted by atomic mass is 10.0. The molecule has 2 heterocycles. The summed E-state index contributed by atoms with van der Waals surface area (Å²) in [5, 5.41) is 3.15. The number of hydrogen-bond donors (Lipinski definition) is 1. The van der Waals surface area contributed by atoms with Gasteiger partial charge in [-0.15, -0.1) is 0 Å². The third-order valence-electron chi connectivity index (χ3n) is 5.00. The molecule has 1 N–H and O–H groups in total. The summed E-state index contributed by atoms with van der Waals surface area (Å²) in [6, 6.07) is 12.5. The van der Waals surface area contributed by atoms with Crippen LogP contribution < -0.4 is 19.5 Å². The van der Waals surface area contributed by atoms with Gasteiger partial charge in [-0.3, -0.25) is 14.5 Å². The fourth-order valence-electron chi connectivity index (χ4n) is 3.48. The van der Waals surface area contributed by atoms with Gasteiger partial charge in [-0.05, 0) is 43.2 Å². The van der Waals surface area contributed by atoms with Crippen molar-refractivity contribution in [2.24, 2.45) is 0 Å². The standard InChI is InChI=1S/C23H24N2O5/c1-3-5-12-25-22(26)20(15-6-9-17(10-7-15)28-4-2)21(23(25)27)24-16-8-11-18-19(13-16)30-14-29-18/h6-11,13,24H,3-5,12,14H2,1-2H3. The molecular weight excluding hydrogens is 384 g/mol. The quantitative estimate of drug-likeness (QED) is 0.670. The van der Waals surface area contributed by atoms with Crippen molar-refractivity contribution < 1.29 is 23.8 Å².